The van der Waals surface area contributed by atoms with Gasteiger partial charge in [-0.25, -0.2) is 0 Å². The first-order chi connectivity index (χ1) is 7.77. The smallest absolute Gasteiger partial charge is 0.191 e. The topological polar surface area (TPSA) is 53.5 Å². The van der Waals surface area contributed by atoms with E-state index in [2.05, 4.69) is 29.5 Å². The fourth-order valence-electron chi connectivity index (χ4n) is 1.14. The van der Waals surface area contributed by atoms with Crippen LogP contribution in [0.25, 0.3) is 0 Å². The molecule has 0 amide bonds. The quantitative estimate of drug-likeness (QED) is 0.430. The van der Waals surface area contributed by atoms with Crippen LogP contribution in [0.15, 0.2) is 4.99 Å². The predicted molar refractivity (Wildman–Crippen MR) is 92.4 cm³/mol. The highest BCUT2D eigenvalue weighted by atomic mass is 127. The van der Waals surface area contributed by atoms with Crippen molar-refractivity contribution < 1.29 is 4.21 Å². The molecular weight excluding hydrogens is 361 g/mol. The summed E-state index contributed by atoms with van der Waals surface area (Å²) in [6.07, 6.45) is 0. The minimum atomic E-state index is -0.833. The zero-order valence-electron chi connectivity index (χ0n) is 12.4. The third-order valence-electron chi connectivity index (χ3n) is 2.00. The first-order valence-electron chi connectivity index (χ1n) is 6.20. The summed E-state index contributed by atoms with van der Waals surface area (Å²) in [6.45, 7) is 13.6. The molecule has 0 saturated heterocycles. The lowest BCUT2D eigenvalue weighted by molar-refractivity contribution is 0.648. The molecule has 1 unspecified atom stereocenters. The van der Waals surface area contributed by atoms with Gasteiger partial charge in [-0.1, -0.05) is 0 Å². The zero-order chi connectivity index (χ0) is 13.5. The lowest BCUT2D eigenvalue weighted by atomic mass is 10.3. The summed E-state index contributed by atoms with van der Waals surface area (Å²) in [6, 6.07) is 0.348. The zero-order valence-corrected chi connectivity index (χ0v) is 15.5. The van der Waals surface area contributed by atoms with Crippen LogP contribution in [0.5, 0.6) is 0 Å². The molecule has 4 nitrogen and oxygen atoms in total. The number of nitrogens with one attached hydrogen (secondary N) is 2. The van der Waals surface area contributed by atoms with Gasteiger partial charge in [0.05, 0.1) is 6.54 Å². The molecule has 0 aromatic rings. The van der Waals surface area contributed by atoms with Gasteiger partial charge in [0.25, 0.3) is 0 Å². The lowest BCUT2D eigenvalue weighted by Crippen LogP contribution is -2.41. The van der Waals surface area contributed by atoms with Crippen LogP contribution in [0, 0.1) is 0 Å². The second kappa shape index (κ2) is 10.00. The van der Waals surface area contributed by atoms with E-state index < -0.39 is 10.8 Å². The maximum Gasteiger partial charge on any atom is 0.191 e. The number of hydrogen-bond acceptors (Lipinski definition) is 2. The average Bonchev–Trinajstić information content (AvgIpc) is 2.15. The van der Waals surface area contributed by atoms with E-state index in [0.29, 0.717) is 18.3 Å². The van der Waals surface area contributed by atoms with Gasteiger partial charge in [-0.3, -0.25) is 9.20 Å². The number of guanidine groups is 1. The van der Waals surface area contributed by atoms with Crippen LogP contribution in [-0.4, -0.2) is 39.8 Å². The van der Waals surface area contributed by atoms with E-state index in [4.69, 9.17) is 0 Å². The van der Waals surface area contributed by atoms with Gasteiger partial charge in [-0.15, -0.1) is 24.0 Å². The second-order valence-electron chi connectivity index (χ2n) is 5.22. The van der Waals surface area contributed by atoms with E-state index in [1.165, 1.54) is 0 Å². The number of halogens is 1. The Morgan fingerprint density at radius 3 is 2.28 bits per heavy atom. The second-order valence-corrected chi connectivity index (χ2v) is 7.55. The van der Waals surface area contributed by atoms with Crippen molar-refractivity contribution in [2.24, 2.45) is 4.99 Å². The van der Waals surface area contributed by atoms with Crippen molar-refractivity contribution in [2.45, 2.75) is 52.3 Å². The Labute approximate surface area is 131 Å². The van der Waals surface area contributed by atoms with Crippen molar-refractivity contribution in [3.05, 3.63) is 0 Å². The van der Waals surface area contributed by atoms with Gasteiger partial charge in [0.2, 0.25) is 0 Å². The van der Waals surface area contributed by atoms with Crippen LogP contribution in [0.3, 0.4) is 0 Å². The van der Waals surface area contributed by atoms with E-state index in [1.807, 2.05) is 27.7 Å². The monoisotopic (exact) mass is 389 g/mol. The molecule has 0 rings (SSSR count). The van der Waals surface area contributed by atoms with E-state index in [0.717, 1.165) is 12.5 Å². The minimum absolute atomic E-state index is 0. The Balaban J connectivity index is 0. The third kappa shape index (κ3) is 10.1. The SMILES string of the molecule is CCNC(=NCCS(=O)C(C)(C)C)NC(C)C.I. The minimum Gasteiger partial charge on any atom is -0.357 e. The van der Waals surface area contributed by atoms with Crippen LogP contribution >= 0.6 is 24.0 Å². The van der Waals surface area contributed by atoms with Gasteiger partial charge in [-0.2, -0.15) is 0 Å². The summed E-state index contributed by atoms with van der Waals surface area (Å²) in [5.74, 6) is 1.41. The number of rotatable bonds is 5. The van der Waals surface area contributed by atoms with Crippen molar-refractivity contribution in [3.63, 3.8) is 0 Å². The normalized spacial score (nSPS) is 14.1. The molecule has 1 atom stereocenters. The third-order valence-corrected chi connectivity index (χ3v) is 3.92. The van der Waals surface area contributed by atoms with Gasteiger partial charge >= 0.3 is 0 Å². The maximum absolute atomic E-state index is 11.8. The molecule has 0 bridgehead atoms. The molecule has 2 N–H and O–H groups in total. The Kier molecular flexibility index (Phi) is 11.4. The molecule has 110 valence electrons. The molecule has 0 spiro atoms. The molecule has 0 radical (unpaired) electrons. The summed E-state index contributed by atoms with van der Waals surface area (Å²) in [5, 5.41) is 6.40. The molecule has 0 saturated carbocycles. The fourth-order valence-corrected chi connectivity index (χ4v) is 2.01. The molecule has 0 aromatic carbocycles. The highest BCUT2D eigenvalue weighted by molar-refractivity contribution is 14.0. The molecule has 0 heterocycles. The Hall–Kier alpha value is 0.150. The molecule has 0 aliphatic carbocycles. The maximum atomic E-state index is 11.8. The van der Waals surface area contributed by atoms with Gasteiger partial charge < -0.3 is 10.6 Å². The summed E-state index contributed by atoms with van der Waals surface area (Å²) >= 11 is 0. The van der Waals surface area contributed by atoms with E-state index >= 15 is 0 Å². The Bertz CT molecular complexity index is 275. The Morgan fingerprint density at radius 2 is 1.89 bits per heavy atom. The van der Waals surface area contributed by atoms with E-state index in [-0.39, 0.29) is 28.7 Å². The molecule has 0 aliphatic heterocycles. The first-order valence-corrected chi connectivity index (χ1v) is 7.52. The summed E-state index contributed by atoms with van der Waals surface area (Å²) in [4.78, 5) is 4.41. The van der Waals surface area contributed by atoms with E-state index in [9.17, 15) is 4.21 Å². The number of aliphatic imine (C=N–C) groups is 1. The van der Waals surface area contributed by atoms with Crippen molar-refractivity contribution in [2.75, 3.05) is 18.8 Å². The van der Waals surface area contributed by atoms with Gasteiger partial charge in [0, 0.05) is 33.9 Å². The highest BCUT2D eigenvalue weighted by Gasteiger charge is 2.18. The first kappa shape index (κ1) is 20.5. The van der Waals surface area contributed by atoms with Crippen LogP contribution in [0.4, 0.5) is 0 Å². The summed E-state index contributed by atoms with van der Waals surface area (Å²) < 4.78 is 11.7. The average molecular weight is 389 g/mol. The standard InChI is InChI=1S/C12H27N3OS.HI/c1-7-13-11(15-10(2)3)14-8-9-17(16)12(4,5)6;/h10H,7-9H2,1-6H3,(H2,13,14,15);1H. The fraction of sp³-hybridized carbons (Fsp3) is 0.917. The Morgan fingerprint density at radius 1 is 1.33 bits per heavy atom. The van der Waals surface area contributed by atoms with Crippen LogP contribution in [0.1, 0.15) is 41.5 Å². The van der Waals surface area contributed by atoms with Crippen LogP contribution in [0.2, 0.25) is 0 Å². The van der Waals surface area contributed by atoms with Crippen LogP contribution < -0.4 is 10.6 Å². The van der Waals surface area contributed by atoms with Gasteiger partial charge in [0.1, 0.15) is 0 Å². The van der Waals surface area contributed by atoms with Crippen molar-refractivity contribution >= 4 is 40.7 Å². The largest absolute Gasteiger partial charge is 0.357 e. The molecule has 6 heteroatoms. The number of nitrogens with zero attached hydrogens (tertiary/aromatic N) is 1. The molecular formula is C12H28IN3OS. The molecule has 0 aliphatic rings. The van der Waals surface area contributed by atoms with E-state index in [1.54, 1.807) is 0 Å². The van der Waals surface area contributed by atoms with Crippen molar-refractivity contribution in [1.29, 1.82) is 0 Å². The molecule has 18 heavy (non-hydrogen) atoms. The van der Waals surface area contributed by atoms with Crippen molar-refractivity contribution in [1.82, 2.24) is 10.6 Å². The lowest BCUT2D eigenvalue weighted by Gasteiger charge is -2.17. The molecule has 0 fully saturated rings. The highest BCUT2D eigenvalue weighted by Crippen LogP contribution is 2.10. The summed E-state index contributed by atoms with van der Waals surface area (Å²) in [7, 11) is -0.833. The van der Waals surface area contributed by atoms with Gasteiger partial charge in [-0.05, 0) is 41.5 Å². The molecule has 0 aromatic heterocycles. The predicted octanol–water partition coefficient (Wildman–Crippen LogP) is 2.12. The number of hydrogen-bond donors (Lipinski definition) is 2. The van der Waals surface area contributed by atoms with Crippen molar-refractivity contribution in [3.8, 4) is 0 Å². The van der Waals surface area contributed by atoms with Gasteiger partial charge in [0.15, 0.2) is 5.96 Å². The summed E-state index contributed by atoms with van der Waals surface area (Å²) in [5.41, 5.74) is 0. The van der Waals surface area contributed by atoms with Crippen LogP contribution in [-0.2, 0) is 10.8 Å².